The van der Waals surface area contributed by atoms with Gasteiger partial charge >= 0.3 is 15.6 Å². The van der Waals surface area contributed by atoms with Crippen molar-refractivity contribution in [1.82, 2.24) is 0 Å². The second-order valence-electron chi connectivity index (χ2n) is 23.0. The largest absolute Gasteiger partial charge is 0.756 e. The molecule has 7 unspecified atom stereocenters. The maximum Gasteiger partial charge on any atom is 0.472 e. The summed E-state index contributed by atoms with van der Waals surface area (Å²) in [5.41, 5.74) is -0.586. The third kappa shape index (κ3) is 40.7. The van der Waals surface area contributed by atoms with Gasteiger partial charge in [-0.05, 0) is 86.9 Å². The molecule has 0 aromatic rings. The summed E-state index contributed by atoms with van der Waals surface area (Å²) in [5.74, 6) is 0. The molecular formula is C58H119FO19P4-2. The second kappa shape index (κ2) is 48.1. The van der Waals surface area contributed by atoms with Crippen molar-refractivity contribution in [2.75, 3.05) is 79.9 Å². The molecule has 0 aromatic carbocycles. The summed E-state index contributed by atoms with van der Waals surface area (Å²) in [4.78, 5) is 48.4. The lowest BCUT2D eigenvalue weighted by molar-refractivity contribution is -0.230. The second-order valence-corrected chi connectivity index (χ2v) is 28.7. The average molecular weight is 1260 g/mol. The first kappa shape index (κ1) is 82.2. The van der Waals surface area contributed by atoms with Gasteiger partial charge < -0.3 is 51.9 Å². The van der Waals surface area contributed by atoms with Crippen LogP contribution in [0.2, 0.25) is 0 Å². The minimum Gasteiger partial charge on any atom is -0.756 e. The zero-order valence-electron chi connectivity index (χ0n) is 52.9. The molecule has 0 saturated heterocycles. The highest BCUT2D eigenvalue weighted by Crippen LogP contribution is 2.50. The van der Waals surface area contributed by atoms with Crippen LogP contribution in [0.15, 0.2) is 0 Å². The number of rotatable bonds is 62. The lowest BCUT2D eigenvalue weighted by atomic mass is 9.75. The SMILES string of the molecule is CCCCC(CCCC)(CCCC)COCC(COP(=O)(O)OC(COCC(CCCC)(CCCC)CCCC)COP(=O)(O)OC(COCC(CCCC)(CCCC)CCCC)COP(=O)([O-])OCCCCCCF)OP(=O)([O-])OC. The van der Waals surface area contributed by atoms with E-state index >= 15 is 0 Å². The van der Waals surface area contributed by atoms with Gasteiger partial charge in [-0.15, -0.1) is 0 Å². The number of ether oxygens (including phenoxy) is 3. The van der Waals surface area contributed by atoms with E-state index in [0.29, 0.717) is 32.3 Å². The first-order valence-electron chi connectivity index (χ1n) is 31.8. The van der Waals surface area contributed by atoms with Crippen molar-refractivity contribution < 1.29 is 92.6 Å². The Bertz CT molecular complexity index is 1660. The normalized spacial score (nSPS) is 16.8. The Morgan fingerprint density at radius 3 is 0.939 bits per heavy atom. The van der Waals surface area contributed by atoms with E-state index < -0.39 is 82.7 Å². The Morgan fingerprint density at radius 2 is 0.659 bits per heavy atom. The third-order valence-corrected chi connectivity index (χ3v) is 19.3. The number of halogens is 1. The Kier molecular flexibility index (Phi) is 48.3. The fourth-order valence-electron chi connectivity index (χ4n) is 10.2. The van der Waals surface area contributed by atoms with Gasteiger partial charge in [0.05, 0.1) is 72.7 Å². The highest BCUT2D eigenvalue weighted by atomic mass is 31.2. The summed E-state index contributed by atoms with van der Waals surface area (Å²) in [7, 11) is -19.4. The fraction of sp³-hybridized carbons (Fsp3) is 1.00. The number of phosphoric acid groups is 4. The van der Waals surface area contributed by atoms with E-state index in [1.807, 2.05) is 0 Å². The minimum absolute atomic E-state index is 0.164. The van der Waals surface area contributed by atoms with Crippen LogP contribution in [0, 0.1) is 16.2 Å². The summed E-state index contributed by atoms with van der Waals surface area (Å²) in [6.07, 6.45) is 22.9. The number of hydrogen-bond acceptors (Lipinski definition) is 17. The molecule has 0 heterocycles. The molecule has 0 fully saturated rings. The standard InChI is InChI=1S/C58H121FO19P4/c1-11-20-33-56(34-21-12-2,35-22-13-3)50-69-44-53(76-79(60,61)68-10)48-74-81(64,65)78-55(46-71-52-58(39-26-17-7,40-27-18-8)41-28-19-9)49-75-82(66,67)77-54(47-73-80(62,63)72-43-32-30-29-31-42-59)45-70-51-57(36-23-14-4,37-24-15-5)38-25-16-6/h53-55H,11-52H2,1-10H3,(H,60,61)(H,62,63)(H,64,65)(H,66,67)/p-2. The topological polar surface area (TPSA) is 256 Å². The van der Waals surface area contributed by atoms with E-state index in [-0.39, 0.29) is 49.3 Å². The van der Waals surface area contributed by atoms with Gasteiger partial charge in [0.1, 0.15) is 18.3 Å². The van der Waals surface area contributed by atoms with Crippen LogP contribution in [-0.4, -0.2) is 108 Å². The van der Waals surface area contributed by atoms with Crippen LogP contribution in [0.1, 0.15) is 261 Å². The molecule has 0 aliphatic rings. The molecule has 24 heteroatoms. The summed E-state index contributed by atoms with van der Waals surface area (Å²) in [5, 5.41) is 0. The van der Waals surface area contributed by atoms with Crippen LogP contribution in [-0.2, 0) is 68.7 Å². The predicted octanol–water partition coefficient (Wildman–Crippen LogP) is 16.2. The van der Waals surface area contributed by atoms with Crippen LogP contribution >= 0.6 is 31.3 Å². The van der Waals surface area contributed by atoms with Crippen molar-refractivity contribution in [1.29, 1.82) is 0 Å². The van der Waals surface area contributed by atoms with Gasteiger partial charge in [0.15, 0.2) is 0 Å². The summed E-state index contributed by atoms with van der Waals surface area (Å²) >= 11 is 0. The molecule has 0 saturated carbocycles. The molecule has 2 N–H and O–H groups in total. The van der Waals surface area contributed by atoms with Crippen LogP contribution in [0.5, 0.6) is 0 Å². The van der Waals surface area contributed by atoms with Gasteiger partial charge in [-0.2, -0.15) is 0 Å². The fourth-order valence-corrected chi connectivity index (χ4v) is 13.4. The zero-order valence-corrected chi connectivity index (χ0v) is 56.5. The first-order chi connectivity index (χ1) is 39.0. The molecule has 19 nitrogen and oxygen atoms in total. The molecule has 0 aromatic heterocycles. The van der Waals surface area contributed by atoms with Crippen LogP contribution in [0.4, 0.5) is 4.39 Å². The van der Waals surface area contributed by atoms with Crippen LogP contribution in [0.25, 0.3) is 0 Å². The van der Waals surface area contributed by atoms with Crippen molar-refractivity contribution in [3.8, 4) is 0 Å². The van der Waals surface area contributed by atoms with Crippen molar-refractivity contribution in [3.63, 3.8) is 0 Å². The van der Waals surface area contributed by atoms with E-state index in [4.69, 9.17) is 45.9 Å². The summed E-state index contributed by atoms with van der Waals surface area (Å²) in [6, 6.07) is 0. The first-order valence-corrected chi connectivity index (χ1v) is 37.7. The molecular weight excluding hydrogens is 1140 g/mol. The molecule has 0 aliphatic carbocycles. The number of alkyl halides is 1. The molecule has 7 atom stereocenters. The lowest BCUT2D eigenvalue weighted by Gasteiger charge is -2.35. The molecule has 0 radical (unpaired) electrons. The van der Waals surface area contributed by atoms with Gasteiger partial charge in [-0.1, -0.05) is 191 Å². The monoisotopic (exact) mass is 1260 g/mol. The van der Waals surface area contributed by atoms with E-state index in [9.17, 15) is 42.2 Å². The number of hydrogen-bond donors (Lipinski definition) is 2. The van der Waals surface area contributed by atoms with Crippen LogP contribution < -0.4 is 9.79 Å². The number of phosphoric ester groups is 4. The van der Waals surface area contributed by atoms with Crippen LogP contribution in [0.3, 0.4) is 0 Å². The molecule has 494 valence electrons. The minimum atomic E-state index is -5.22. The van der Waals surface area contributed by atoms with E-state index in [0.717, 1.165) is 180 Å². The maximum absolute atomic E-state index is 14.0. The van der Waals surface area contributed by atoms with Gasteiger partial charge in [0.2, 0.25) is 0 Å². The van der Waals surface area contributed by atoms with Gasteiger partial charge in [-0.25, -0.2) is 9.13 Å². The third-order valence-electron chi connectivity index (χ3n) is 15.3. The molecule has 0 bridgehead atoms. The number of unbranched alkanes of at least 4 members (excludes halogenated alkanes) is 12. The van der Waals surface area contributed by atoms with E-state index in [1.165, 1.54) is 0 Å². The Morgan fingerprint density at radius 1 is 0.378 bits per heavy atom. The molecule has 0 rings (SSSR count). The molecule has 0 spiro atoms. The highest BCUT2D eigenvalue weighted by Gasteiger charge is 2.37. The molecule has 0 amide bonds. The van der Waals surface area contributed by atoms with E-state index in [2.05, 4.69) is 66.8 Å². The highest BCUT2D eigenvalue weighted by molar-refractivity contribution is 7.48. The van der Waals surface area contributed by atoms with E-state index in [1.54, 1.807) is 0 Å². The Labute approximate surface area is 497 Å². The summed E-state index contributed by atoms with van der Waals surface area (Å²) in [6.45, 7) is 15.7. The predicted molar refractivity (Wildman–Crippen MR) is 320 cm³/mol. The van der Waals surface area contributed by atoms with Gasteiger partial charge in [-0.3, -0.25) is 31.6 Å². The average Bonchev–Trinajstić information content (AvgIpc) is 3.45. The van der Waals surface area contributed by atoms with Gasteiger partial charge in [0.25, 0.3) is 15.6 Å². The lowest BCUT2D eigenvalue weighted by Crippen LogP contribution is -2.33. The van der Waals surface area contributed by atoms with Crippen molar-refractivity contribution in [3.05, 3.63) is 0 Å². The molecule has 82 heavy (non-hydrogen) atoms. The van der Waals surface area contributed by atoms with Crippen molar-refractivity contribution >= 4 is 31.3 Å². The molecule has 0 aliphatic heterocycles. The Hall–Kier alpha value is 0.250. The maximum atomic E-state index is 14.0. The smallest absolute Gasteiger partial charge is 0.472 e. The summed E-state index contributed by atoms with van der Waals surface area (Å²) < 4.78 is 127. The van der Waals surface area contributed by atoms with Crippen molar-refractivity contribution in [2.45, 2.75) is 280 Å². The Balaban J connectivity index is 7.03. The van der Waals surface area contributed by atoms with Gasteiger partial charge in [0, 0.05) is 7.11 Å². The van der Waals surface area contributed by atoms with Crippen molar-refractivity contribution in [2.24, 2.45) is 16.2 Å². The zero-order chi connectivity index (χ0) is 61.7. The quantitative estimate of drug-likeness (QED) is 0.0424.